The van der Waals surface area contributed by atoms with Crippen LogP contribution in [0.2, 0.25) is 0 Å². The molecule has 2 heterocycles. The zero-order valence-electron chi connectivity index (χ0n) is 46.9. The lowest BCUT2D eigenvalue weighted by Gasteiger charge is -2.37. The Morgan fingerprint density at radius 1 is 0.600 bits per heavy atom. The van der Waals surface area contributed by atoms with Crippen LogP contribution in [0, 0.1) is 37.0 Å². The van der Waals surface area contributed by atoms with Gasteiger partial charge in [0.15, 0.2) is 0 Å². The molecule has 1 aromatic carbocycles. The average molecular weight is 1050 g/mol. The normalized spacial score (nSPS) is 18.7. The first-order chi connectivity index (χ1) is 35.9. The van der Waals surface area contributed by atoms with E-state index in [0.717, 1.165) is 32.1 Å². The van der Waals surface area contributed by atoms with Gasteiger partial charge >= 0.3 is 0 Å². The standard InChI is InChI=1S/C44H70N10O8.C6H12.C3H8.2C2H2/c1-27(45-6)37(56)50-26-35(55)53-22-12-18-33(53)41(60)48-21-20-47-39(58)30-16-11-17-31(24-30)40(59)49-25-32(29-14-9-8-10-15-29)51-42(61)34-19-13-23-54(34)43(62)36(44(3,4)5)52-38(57)28(2)46-7;1-2-4-6-5-3-1;1-3-2;2*1-2/h11,16-17,24,27-29,32-34,36,45-46H,8-10,12-15,18-23,25-26H2,1-7H3,(H,47,58)(H,48,60)(H,49,59)(H,50,56)(H,51,61)(H,52,57);1-6H2;3H2,1-2H3;2*1-2H/t27-,28-,32?,33-,34-,36?;;;;/m0..../s1. The van der Waals surface area contributed by atoms with E-state index in [1.807, 2.05) is 20.8 Å². The molecule has 0 radical (unpaired) electrons. The molecular weight excluding hydrogens is 953 g/mol. The highest BCUT2D eigenvalue weighted by molar-refractivity contribution is 6.00. The van der Waals surface area contributed by atoms with Crippen LogP contribution >= 0.6 is 0 Å². The number of terminal acetylenes is 2. The summed E-state index contributed by atoms with van der Waals surface area (Å²) < 4.78 is 0. The number of hydrogen-bond donors (Lipinski definition) is 8. The van der Waals surface area contributed by atoms with Crippen LogP contribution in [0.3, 0.4) is 0 Å². The van der Waals surface area contributed by atoms with Crippen molar-refractivity contribution in [3.63, 3.8) is 0 Å². The molecule has 75 heavy (non-hydrogen) atoms. The van der Waals surface area contributed by atoms with Crippen LogP contribution in [0.4, 0.5) is 0 Å². The van der Waals surface area contributed by atoms with Gasteiger partial charge in [0.25, 0.3) is 11.8 Å². The number of rotatable bonds is 19. The van der Waals surface area contributed by atoms with Crippen molar-refractivity contribution in [1.29, 1.82) is 0 Å². The summed E-state index contributed by atoms with van der Waals surface area (Å²) in [6.45, 7) is 14.3. The van der Waals surface area contributed by atoms with Crippen LogP contribution in [0.15, 0.2) is 24.3 Å². The summed E-state index contributed by atoms with van der Waals surface area (Å²) in [5.74, 6) is -2.61. The maximum Gasteiger partial charge on any atom is 0.251 e. The molecule has 1 aromatic rings. The molecule has 2 aliphatic carbocycles. The minimum Gasteiger partial charge on any atom is -0.353 e. The number of likely N-dealkylation sites (tertiary alicyclic amines) is 2. The van der Waals surface area contributed by atoms with Crippen LogP contribution in [0.25, 0.3) is 0 Å². The van der Waals surface area contributed by atoms with E-state index >= 15 is 0 Å². The third-order valence-corrected chi connectivity index (χ3v) is 13.8. The summed E-state index contributed by atoms with van der Waals surface area (Å²) >= 11 is 0. The molecule has 420 valence electrons. The number of carbonyl (C=O) groups is 8. The summed E-state index contributed by atoms with van der Waals surface area (Å²) in [4.78, 5) is 108. The molecule has 8 N–H and O–H groups in total. The van der Waals surface area contributed by atoms with Gasteiger partial charge in [0, 0.05) is 49.9 Å². The van der Waals surface area contributed by atoms with Crippen molar-refractivity contribution in [3.05, 3.63) is 35.4 Å². The van der Waals surface area contributed by atoms with E-state index in [-0.39, 0.29) is 84.7 Å². The molecule has 4 fully saturated rings. The summed E-state index contributed by atoms with van der Waals surface area (Å²) in [6.07, 6.45) is 33.4. The Hall–Kier alpha value is -5.98. The monoisotopic (exact) mass is 1050 g/mol. The fourth-order valence-corrected chi connectivity index (χ4v) is 9.30. The van der Waals surface area contributed by atoms with Gasteiger partial charge < -0.3 is 52.3 Å². The second-order valence-corrected chi connectivity index (χ2v) is 20.7. The zero-order chi connectivity index (χ0) is 56.5. The Labute approximate surface area is 449 Å². The van der Waals surface area contributed by atoms with Crippen LogP contribution in [-0.2, 0) is 28.8 Å². The van der Waals surface area contributed by atoms with E-state index in [1.165, 1.54) is 55.9 Å². The van der Waals surface area contributed by atoms with Gasteiger partial charge in [-0.25, -0.2) is 0 Å². The van der Waals surface area contributed by atoms with Crippen LogP contribution in [-0.4, -0.2) is 147 Å². The lowest BCUT2D eigenvalue weighted by atomic mass is 9.83. The number of carbonyl (C=O) groups excluding carboxylic acids is 8. The molecule has 6 atom stereocenters. The largest absolute Gasteiger partial charge is 0.353 e. The molecule has 18 heteroatoms. The second-order valence-electron chi connectivity index (χ2n) is 20.7. The molecule has 2 aliphatic heterocycles. The first-order valence-corrected chi connectivity index (χ1v) is 27.3. The van der Waals surface area contributed by atoms with E-state index in [0.29, 0.717) is 38.8 Å². The predicted molar refractivity (Wildman–Crippen MR) is 297 cm³/mol. The van der Waals surface area contributed by atoms with Crippen LogP contribution in [0.1, 0.15) is 172 Å². The second kappa shape index (κ2) is 36.9. The molecule has 0 aromatic heterocycles. The smallest absolute Gasteiger partial charge is 0.251 e. The van der Waals surface area contributed by atoms with Crippen LogP contribution < -0.4 is 42.5 Å². The lowest BCUT2D eigenvalue weighted by molar-refractivity contribution is -0.144. The van der Waals surface area contributed by atoms with Gasteiger partial charge in [-0.2, -0.15) is 0 Å². The van der Waals surface area contributed by atoms with Crippen molar-refractivity contribution in [3.8, 4) is 25.7 Å². The van der Waals surface area contributed by atoms with Crippen molar-refractivity contribution in [2.45, 2.75) is 187 Å². The maximum atomic E-state index is 14.0. The van der Waals surface area contributed by atoms with Gasteiger partial charge in [-0.15, -0.1) is 25.7 Å². The third-order valence-electron chi connectivity index (χ3n) is 13.8. The van der Waals surface area contributed by atoms with Crippen molar-refractivity contribution < 1.29 is 38.4 Å². The first kappa shape index (κ1) is 67.0. The summed E-state index contributed by atoms with van der Waals surface area (Å²) in [7, 11) is 3.32. The van der Waals surface area contributed by atoms with Gasteiger partial charge in [-0.05, 0) is 96.0 Å². The maximum absolute atomic E-state index is 14.0. The lowest BCUT2D eigenvalue weighted by Crippen LogP contribution is -2.60. The number of nitrogens with one attached hydrogen (secondary N) is 8. The van der Waals surface area contributed by atoms with Crippen molar-refractivity contribution >= 4 is 47.3 Å². The molecule has 8 amide bonds. The Kier molecular flexibility index (Phi) is 33.0. The van der Waals surface area contributed by atoms with Crippen LogP contribution in [0.5, 0.6) is 0 Å². The van der Waals surface area contributed by atoms with E-state index in [1.54, 1.807) is 51.0 Å². The van der Waals surface area contributed by atoms with Gasteiger partial charge in [-0.3, -0.25) is 38.4 Å². The highest BCUT2D eigenvalue weighted by Gasteiger charge is 2.43. The number of benzene rings is 1. The quantitative estimate of drug-likeness (QED) is 0.0717. The minimum absolute atomic E-state index is 0.105. The van der Waals surface area contributed by atoms with Crippen molar-refractivity contribution in [2.24, 2.45) is 11.3 Å². The predicted octanol–water partition coefficient (Wildman–Crippen LogP) is 4.43. The van der Waals surface area contributed by atoms with Gasteiger partial charge in [0.1, 0.15) is 18.1 Å². The number of nitrogens with zero attached hydrogens (tertiary/aromatic N) is 2. The minimum atomic E-state index is -0.835. The molecule has 4 aliphatic rings. The molecule has 18 nitrogen and oxygen atoms in total. The average Bonchev–Trinajstić information content (AvgIpc) is 4.15. The molecular formula is C57H94N10O8. The number of hydrogen-bond acceptors (Lipinski definition) is 10. The van der Waals surface area contributed by atoms with E-state index in [9.17, 15) is 38.4 Å². The number of likely N-dealkylation sites (N-methyl/N-ethyl adjacent to an activating group) is 2. The Morgan fingerprint density at radius 3 is 1.59 bits per heavy atom. The summed E-state index contributed by atoms with van der Waals surface area (Å²) in [5.41, 5.74) is -0.0954. The van der Waals surface area contributed by atoms with Crippen molar-refractivity contribution in [1.82, 2.24) is 52.3 Å². The topological polar surface area (TPSA) is 239 Å². The first-order valence-electron chi connectivity index (χ1n) is 27.3. The highest BCUT2D eigenvalue weighted by Crippen LogP contribution is 2.29. The van der Waals surface area contributed by atoms with Crippen molar-refractivity contribution in [2.75, 3.05) is 53.4 Å². The van der Waals surface area contributed by atoms with Gasteiger partial charge in [0.05, 0.1) is 18.6 Å². The summed E-state index contributed by atoms with van der Waals surface area (Å²) in [6, 6.07) is 2.72. The molecule has 0 bridgehead atoms. The molecule has 0 spiro atoms. The van der Waals surface area contributed by atoms with Gasteiger partial charge in [0.2, 0.25) is 35.4 Å². The molecule has 5 rings (SSSR count). The molecule has 2 saturated carbocycles. The fraction of sp³-hybridized carbons (Fsp3) is 0.684. The van der Waals surface area contributed by atoms with E-state index < -0.39 is 47.4 Å². The Morgan fingerprint density at radius 2 is 1.07 bits per heavy atom. The highest BCUT2D eigenvalue weighted by atomic mass is 16.2. The third kappa shape index (κ3) is 23.2. The fourth-order valence-electron chi connectivity index (χ4n) is 9.30. The molecule has 2 saturated heterocycles. The SMILES string of the molecule is C#C.C#C.C1CCCCC1.CCC.CN[C@@H](C)C(=O)NCC(=O)N1CCC[C@H]1C(=O)NCCNC(=O)c1cccc(C(=O)NCC(NC(=O)[C@@H]2CCCN2C(=O)C(NC(=O)[C@H](C)NC)C(C)(C)C)C2CCCCC2)c1. The number of amides is 8. The zero-order valence-corrected chi connectivity index (χ0v) is 46.9. The Bertz CT molecular complexity index is 1960. The van der Waals surface area contributed by atoms with E-state index in [2.05, 4.69) is 82.1 Å². The van der Waals surface area contributed by atoms with E-state index in [4.69, 9.17) is 0 Å². The Balaban J connectivity index is 0.00000193. The summed E-state index contributed by atoms with van der Waals surface area (Å²) in [5, 5.41) is 22.9. The molecule has 2 unspecified atom stereocenters. The van der Waals surface area contributed by atoms with Gasteiger partial charge in [-0.1, -0.05) is 105 Å².